The molecule has 1 aromatic rings. The minimum atomic E-state index is -0.196. The third kappa shape index (κ3) is 5.28. The maximum absolute atomic E-state index is 11.4. The van der Waals surface area contributed by atoms with Crippen molar-refractivity contribution < 1.29 is 9.53 Å². The van der Waals surface area contributed by atoms with Gasteiger partial charge in [-0.05, 0) is 20.3 Å². The number of nitrogens with zero attached hydrogens (tertiary/aromatic N) is 1. The van der Waals surface area contributed by atoms with Gasteiger partial charge in [0.25, 0.3) is 0 Å². The predicted molar refractivity (Wildman–Crippen MR) is 69.1 cm³/mol. The van der Waals surface area contributed by atoms with Gasteiger partial charge >= 0.3 is 5.97 Å². The number of ether oxygens (including phenoxy) is 1. The van der Waals surface area contributed by atoms with E-state index >= 15 is 0 Å². The van der Waals surface area contributed by atoms with Gasteiger partial charge in [0.05, 0.1) is 19.2 Å². The summed E-state index contributed by atoms with van der Waals surface area (Å²) in [7, 11) is 0. The van der Waals surface area contributed by atoms with Gasteiger partial charge in [0.2, 0.25) is 0 Å². The van der Waals surface area contributed by atoms with E-state index in [1.807, 2.05) is 19.2 Å². The summed E-state index contributed by atoms with van der Waals surface area (Å²) >= 11 is 1.61. The van der Waals surface area contributed by atoms with Gasteiger partial charge in [-0.25, -0.2) is 4.98 Å². The first-order chi connectivity index (χ1) is 8.13. The molecule has 1 aromatic heterocycles. The number of hydrogen-bond acceptors (Lipinski definition) is 5. The lowest BCUT2D eigenvalue weighted by atomic mass is 10.3. The Morgan fingerprint density at radius 1 is 1.65 bits per heavy atom. The number of aryl methyl sites for hydroxylation is 1. The van der Waals surface area contributed by atoms with Crippen LogP contribution in [-0.4, -0.2) is 24.1 Å². The van der Waals surface area contributed by atoms with Crippen molar-refractivity contribution in [1.82, 2.24) is 10.3 Å². The van der Waals surface area contributed by atoms with E-state index in [0.29, 0.717) is 6.61 Å². The van der Waals surface area contributed by atoms with Gasteiger partial charge in [0, 0.05) is 11.1 Å². The van der Waals surface area contributed by atoms with Crippen molar-refractivity contribution in [3.8, 4) is 0 Å². The Hall–Kier alpha value is -0.940. The number of aromatic nitrogens is 1. The van der Waals surface area contributed by atoms with Crippen molar-refractivity contribution in [3.63, 3.8) is 0 Å². The number of esters is 1. The van der Waals surface area contributed by atoms with Gasteiger partial charge in [0.15, 0.2) is 0 Å². The van der Waals surface area contributed by atoms with Crippen LogP contribution in [0.2, 0.25) is 0 Å². The van der Waals surface area contributed by atoms with Crippen LogP contribution in [0.15, 0.2) is 5.38 Å². The molecule has 0 aliphatic rings. The van der Waals surface area contributed by atoms with Crippen molar-refractivity contribution in [2.24, 2.45) is 0 Å². The first-order valence-corrected chi connectivity index (χ1v) is 6.82. The van der Waals surface area contributed by atoms with Crippen molar-refractivity contribution in [2.75, 3.05) is 13.2 Å². The minimum absolute atomic E-state index is 0.0902. The molecule has 96 valence electrons. The molecule has 5 heteroatoms. The second kappa shape index (κ2) is 7.40. The highest BCUT2D eigenvalue weighted by molar-refractivity contribution is 7.09. The molecule has 17 heavy (non-hydrogen) atoms. The summed E-state index contributed by atoms with van der Waals surface area (Å²) in [5, 5.41) is 6.12. The second-order valence-electron chi connectivity index (χ2n) is 4.00. The molecule has 1 heterocycles. The molecule has 0 saturated carbocycles. The van der Waals surface area contributed by atoms with Crippen LogP contribution < -0.4 is 5.32 Å². The predicted octanol–water partition coefficient (Wildman–Crippen LogP) is 2.45. The zero-order valence-corrected chi connectivity index (χ0v) is 11.5. The average molecular weight is 256 g/mol. The fraction of sp³-hybridized carbons (Fsp3) is 0.667. The number of hydrogen-bond donors (Lipinski definition) is 1. The third-order valence-corrected chi connectivity index (χ3v) is 3.47. The molecule has 0 radical (unpaired) electrons. The number of nitrogens with one attached hydrogen (secondary N) is 1. The van der Waals surface area contributed by atoms with E-state index in [4.69, 9.17) is 4.74 Å². The van der Waals surface area contributed by atoms with Crippen LogP contribution >= 0.6 is 11.3 Å². The highest BCUT2D eigenvalue weighted by atomic mass is 32.1. The van der Waals surface area contributed by atoms with Gasteiger partial charge < -0.3 is 4.74 Å². The standard InChI is InChI=1S/C12H20N2O2S/c1-4-5-6-16-11(15)7-13-10(3)12-14-9(2)8-17-12/h8,10,13H,4-7H2,1-3H3. The maximum atomic E-state index is 11.4. The summed E-state index contributed by atoms with van der Waals surface area (Å²) < 4.78 is 5.06. The van der Waals surface area contributed by atoms with Gasteiger partial charge in [-0.1, -0.05) is 13.3 Å². The fourth-order valence-corrected chi connectivity index (χ4v) is 2.10. The Morgan fingerprint density at radius 3 is 3.00 bits per heavy atom. The van der Waals surface area contributed by atoms with Crippen LogP contribution in [-0.2, 0) is 9.53 Å². The van der Waals surface area contributed by atoms with E-state index in [-0.39, 0.29) is 18.6 Å². The number of thiazole rings is 1. The van der Waals surface area contributed by atoms with E-state index in [1.165, 1.54) is 0 Å². The SMILES string of the molecule is CCCCOC(=O)CNC(C)c1nc(C)cs1. The molecule has 0 fully saturated rings. The largest absolute Gasteiger partial charge is 0.465 e. The van der Waals surface area contributed by atoms with Gasteiger partial charge in [-0.3, -0.25) is 10.1 Å². The van der Waals surface area contributed by atoms with E-state index in [9.17, 15) is 4.79 Å². The van der Waals surface area contributed by atoms with Gasteiger partial charge in [-0.2, -0.15) is 0 Å². The molecule has 1 rings (SSSR count). The number of carbonyl (C=O) groups excluding carboxylic acids is 1. The van der Waals surface area contributed by atoms with Crippen molar-refractivity contribution >= 4 is 17.3 Å². The third-order valence-electron chi connectivity index (χ3n) is 2.32. The van der Waals surface area contributed by atoms with Crippen LogP contribution in [0.5, 0.6) is 0 Å². The summed E-state index contributed by atoms with van der Waals surface area (Å²) in [6, 6.07) is 0.0902. The lowest BCUT2D eigenvalue weighted by Gasteiger charge is -2.10. The van der Waals surface area contributed by atoms with Crippen molar-refractivity contribution in [3.05, 3.63) is 16.1 Å². The number of rotatable bonds is 7. The smallest absolute Gasteiger partial charge is 0.319 e. The summed E-state index contributed by atoms with van der Waals surface area (Å²) in [5.74, 6) is -0.196. The highest BCUT2D eigenvalue weighted by Gasteiger charge is 2.11. The van der Waals surface area contributed by atoms with Gasteiger partial charge in [0.1, 0.15) is 5.01 Å². The first-order valence-electron chi connectivity index (χ1n) is 5.94. The molecule has 1 unspecified atom stereocenters. The average Bonchev–Trinajstić information content (AvgIpc) is 2.73. The number of carbonyl (C=O) groups is 1. The molecule has 4 nitrogen and oxygen atoms in total. The number of unbranched alkanes of at least 4 members (excludes halogenated alkanes) is 1. The van der Waals surface area contributed by atoms with Crippen LogP contribution in [0.4, 0.5) is 0 Å². The summed E-state index contributed by atoms with van der Waals surface area (Å²) in [6.45, 7) is 6.79. The summed E-state index contributed by atoms with van der Waals surface area (Å²) in [4.78, 5) is 15.7. The Labute approximate surface area is 106 Å². The zero-order valence-electron chi connectivity index (χ0n) is 10.7. The summed E-state index contributed by atoms with van der Waals surface area (Å²) in [6.07, 6.45) is 1.96. The van der Waals surface area contributed by atoms with Crippen LogP contribution in [0.1, 0.15) is 43.4 Å². The molecular weight excluding hydrogens is 236 g/mol. The maximum Gasteiger partial charge on any atom is 0.319 e. The van der Waals surface area contributed by atoms with E-state index in [0.717, 1.165) is 23.5 Å². The molecule has 0 aliphatic heterocycles. The van der Waals surface area contributed by atoms with Crippen LogP contribution in [0.25, 0.3) is 0 Å². The highest BCUT2D eigenvalue weighted by Crippen LogP contribution is 2.16. The normalized spacial score (nSPS) is 12.4. The molecule has 1 N–H and O–H groups in total. The lowest BCUT2D eigenvalue weighted by molar-refractivity contribution is -0.142. The first kappa shape index (κ1) is 14.1. The summed E-state index contributed by atoms with van der Waals surface area (Å²) in [5.41, 5.74) is 1.02. The molecule has 0 aliphatic carbocycles. The van der Waals surface area contributed by atoms with Crippen molar-refractivity contribution in [1.29, 1.82) is 0 Å². The molecule has 0 aromatic carbocycles. The Bertz CT molecular complexity index is 352. The quantitative estimate of drug-likeness (QED) is 0.601. The molecule has 0 bridgehead atoms. The molecule has 0 saturated heterocycles. The lowest BCUT2D eigenvalue weighted by Crippen LogP contribution is -2.27. The van der Waals surface area contributed by atoms with E-state index in [1.54, 1.807) is 11.3 Å². The molecule has 0 amide bonds. The monoisotopic (exact) mass is 256 g/mol. The van der Waals surface area contributed by atoms with E-state index < -0.39 is 0 Å². The van der Waals surface area contributed by atoms with E-state index in [2.05, 4.69) is 17.2 Å². The van der Waals surface area contributed by atoms with Crippen LogP contribution in [0, 0.1) is 6.92 Å². The Morgan fingerprint density at radius 2 is 2.41 bits per heavy atom. The van der Waals surface area contributed by atoms with Crippen molar-refractivity contribution in [2.45, 2.75) is 39.7 Å². The van der Waals surface area contributed by atoms with Crippen LogP contribution in [0.3, 0.4) is 0 Å². The molecule has 1 atom stereocenters. The Kier molecular flexibility index (Phi) is 6.15. The van der Waals surface area contributed by atoms with Gasteiger partial charge in [-0.15, -0.1) is 11.3 Å². The zero-order chi connectivity index (χ0) is 12.7. The topological polar surface area (TPSA) is 51.2 Å². The second-order valence-corrected chi connectivity index (χ2v) is 4.89. The fourth-order valence-electron chi connectivity index (χ4n) is 1.28. The Balaban J connectivity index is 2.23. The molecular formula is C12H20N2O2S. The minimum Gasteiger partial charge on any atom is -0.465 e. The molecule has 0 spiro atoms.